The van der Waals surface area contributed by atoms with Crippen LogP contribution in [0.25, 0.3) is 0 Å². The third-order valence-corrected chi connectivity index (χ3v) is 4.02. The molecule has 0 spiro atoms. The summed E-state index contributed by atoms with van der Waals surface area (Å²) in [5.74, 6) is -1.28. The van der Waals surface area contributed by atoms with E-state index in [0.29, 0.717) is 11.1 Å². The van der Waals surface area contributed by atoms with E-state index in [4.69, 9.17) is 0 Å². The van der Waals surface area contributed by atoms with Crippen LogP contribution in [0.1, 0.15) is 40.1 Å². The highest BCUT2D eigenvalue weighted by Crippen LogP contribution is 2.23. The molecule has 0 radical (unpaired) electrons. The second-order valence-electron chi connectivity index (χ2n) is 6.16. The number of rotatable bonds is 4. The number of hydrogen-bond acceptors (Lipinski definition) is 4. The third kappa shape index (κ3) is 2.78. The van der Waals surface area contributed by atoms with Crippen molar-refractivity contribution in [2.24, 2.45) is 0 Å². The molecule has 122 valence electrons. The lowest BCUT2D eigenvalue weighted by Crippen LogP contribution is -2.47. The number of imide groups is 1. The average molecular weight is 323 g/mol. The number of aromatic nitrogens is 1. The molecular formula is C18H17N3O3. The Morgan fingerprint density at radius 1 is 1.08 bits per heavy atom. The molecule has 0 saturated heterocycles. The zero-order valence-electron chi connectivity index (χ0n) is 13.4. The summed E-state index contributed by atoms with van der Waals surface area (Å²) in [6, 6.07) is 10.2. The van der Waals surface area contributed by atoms with Gasteiger partial charge in [0.15, 0.2) is 0 Å². The van der Waals surface area contributed by atoms with Gasteiger partial charge in [-0.2, -0.15) is 0 Å². The topological polar surface area (TPSA) is 79.4 Å². The molecule has 1 N–H and O–H groups in total. The Labute approximate surface area is 139 Å². The first-order chi connectivity index (χ1) is 11.4. The van der Waals surface area contributed by atoms with Crippen molar-refractivity contribution in [1.29, 1.82) is 0 Å². The molecule has 1 aliphatic heterocycles. The SMILES string of the molecule is CC(C)(NC(=O)CN1C(=O)c2ccccc2C1=O)c1cccnc1. The summed E-state index contributed by atoms with van der Waals surface area (Å²) in [5.41, 5.74) is 0.841. The van der Waals surface area contributed by atoms with E-state index in [2.05, 4.69) is 10.3 Å². The fourth-order valence-corrected chi connectivity index (χ4v) is 2.72. The Hall–Kier alpha value is -3.02. The van der Waals surface area contributed by atoms with E-state index in [9.17, 15) is 14.4 Å². The maximum atomic E-state index is 12.4. The molecule has 3 rings (SSSR count). The summed E-state index contributed by atoms with van der Waals surface area (Å²) in [6.45, 7) is 3.37. The van der Waals surface area contributed by atoms with Crippen molar-refractivity contribution in [3.8, 4) is 0 Å². The van der Waals surface area contributed by atoms with Crippen LogP contribution in [0.4, 0.5) is 0 Å². The summed E-state index contributed by atoms with van der Waals surface area (Å²) in [4.78, 5) is 42.0. The van der Waals surface area contributed by atoms with Gasteiger partial charge in [0, 0.05) is 12.4 Å². The van der Waals surface area contributed by atoms with Crippen molar-refractivity contribution < 1.29 is 14.4 Å². The summed E-state index contributed by atoms with van der Waals surface area (Å²) < 4.78 is 0. The average Bonchev–Trinajstić information content (AvgIpc) is 2.81. The molecule has 24 heavy (non-hydrogen) atoms. The van der Waals surface area contributed by atoms with Crippen LogP contribution in [-0.2, 0) is 10.3 Å². The van der Waals surface area contributed by atoms with E-state index in [1.807, 2.05) is 19.9 Å². The van der Waals surface area contributed by atoms with Gasteiger partial charge >= 0.3 is 0 Å². The number of carbonyl (C=O) groups is 3. The highest BCUT2D eigenvalue weighted by atomic mass is 16.2. The number of carbonyl (C=O) groups excluding carboxylic acids is 3. The first-order valence-electron chi connectivity index (χ1n) is 7.57. The summed E-state index contributed by atoms with van der Waals surface area (Å²) in [5, 5.41) is 2.84. The minimum atomic E-state index is -0.663. The van der Waals surface area contributed by atoms with E-state index < -0.39 is 23.3 Å². The van der Waals surface area contributed by atoms with Gasteiger partial charge in [-0.3, -0.25) is 24.3 Å². The van der Waals surface area contributed by atoms with Gasteiger partial charge in [0.05, 0.1) is 16.7 Å². The van der Waals surface area contributed by atoms with Crippen LogP contribution in [-0.4, -0.2) is 34.2 Å². The molecule has 0 fully saturated rings. The Balaban J connectivity index is 1.72. The monoisotopic (exact) mass is 323 g/mol. The van der Waals surface area contributed by atoms with Crippen LogP contribution in [0.2, 0.25) is 0 Å². The molecule has 1 aliphatic rings. The molecule has 0 aliphatic carbocycles. The van der Waals surface area contributed by atoms with Crippen LogP contribution >= 0.6 is 0 Å². The van der Waals surface area contributed by atoms with Crippen molar-refractivity contribution in [1.82, 2.24) is 15.2 Å². The molecule has 6 heteroatoms. The summed E-state index contributed by atoms with van der Waals surface area (Å²) >= 11 is 0. The molecule has 2 heterocycles. The predicted molar refractivity (Wildman–Crippen MR) is 87.2 cm³/mol. The second kappa shape index (κ2) is 5.88. The van der Waals surface area contributed by atoms with Gasteiger partial charge in [-0.15, -0.1) is 0 Å². The number of hydrogen-bond donors (Lipinski definition) is 1. The number of fused-ring (bicyclic) bond motifs is 1. The second-order valence-corrected chi connectivity index (χ2v) is 6.16. The number of nitrogens with zero attached hydrogens (tertiary/aromatic N) is 2. The summed E-state index contributed by atoms with van der Waals surface area (Å²) in [7, 11) is 0. The maximum Gasteiger partial charge on any atom is 0.262 e. The maximum absolute atomic E-state index is 12.4. The highest BCUT2D eigenvalue weighted by molar-refractivity contribution is 6.22. The minimum Gasteiger partial charge on any atom is -0.346 e. The molecule has 0 atom stereocenters. The van der Waals surface area contributed by atoms with Crippen molar-refractivity contribution in [3.63, 3.8) is 0 Å². The number of amides is 3. The first-order valence-corrected chi connectivity index (χ1v) is 7.57. The normalized spacial score (nSPS) is 13.8. The van der Waals surface area contributed by atoms with Gasteiger partial charge in [-0.1, -0.05) is 18.2 Å². The van der Waals surface area contributed by atoms with Crippen LogP contribution in [0.3, 0.4) is 0 Å². The molecule has 6 nitrogen and oxygen atoms in total. The van der Waals surface area contributed by atoms with Crippen LogP contribution in [0.5, 0.6) is 0 Å². The highest BCUT2D eigenvalue weighted by Gasteiger charge is 2.37. The molecule has 1 aromatic heterocycles. The lowest BCUT2D eigenvalue weighted by molar-refractivity contribution is -0.123. The van der Waals surface area contributed by atoms with Crippen LogP contribution in [0, 0.1) is 0 Å². The largest absolute Gasteiger partial charge is 0.346 e. The van der Waals surface area contributed by atoms with Gasteiger partial charge < -0.3 is 5.32 Å². The number of nitrogens with one attached hydrogen (secondary N) is 1. The molecule has 3 amide bonds. The van der Waals surface area contributed by atoms with Crippen molar-refractivity contribution in [3.05, 3.63) is 65.5 Å². The van der Waals surface area contributed by atoms with Gasteiger partial charge in [0.1, 0.15) is 6.54 Å². The predicted octanol–water partition coefficient (Wildman–Crippen LogP) is 1.73. The smallest absolute Gasteiger partial charge is 0.262 e. The Morgan fingerprint density at radius 3 is 2.25 bits per heavy atom. The van der Waals surface area contributed by atoms with Crippen LogP contribution < -0.4 is 5.32 Å². The molecule has 2 aromatic rings. The van der Waals surface area contributed by atoms with Gasteiger partial charge in [0.2, 0.25) is 5.91 Å². The first kappa shape index (κ1) is 15.9. The van der Waals surface area contributed by atoms with Gasteiger partial charge in [0.25, 0.3) is 11.8 Å². The van der Waals surface area contributed by atoms with E-state index >= 15 is 0 Å². The van der Waals surface area contributed by atoms with E-state index in [1.165, 1.54) is 0 Å². The van der Waals surface area contributed by atoms with Crippen molar-refractivity contribution >= 4 is 17.7 Å². The molecule has 0 bridgehead atoms. The quantitative estimate of drug-likeness (QED) is 0.869. The zero-order chi connectivity index (χ0) is 17.3. The fourth-order valence-electron chi connectivity index (χ4n) is 2.72. The van der Waals surface area contributed by atoms with Crippen LogP contribution in [0.15, 0.2) is 48.8 Å². The zero-order valence-corrected chi connectivity index (χ0v) is 13.4. The lowest BCUT2D eigenvalue weighted by Gasteiger charge is -2.27. The fraction of sp³-hybridized carbons (Fsp3) is 0.222. The van der Waals surface area contributed by atoms with Crippen molar-refractivity contribution in [2.45, 2.75) is 19.4 Å². The Kier molecular flexibility index (Phi) is 3.89. The van der Waals surface area contributed by atoms with E-state index in [0.717, 1.165) is 10.5 Å². The third-order valence-electron chi connectivity index (χ3n) is 4.02. The number of benzene rings is 1. The molecular weight excluding hydrogens is 306 g/mol. The number of pyridine rings is 1. The summed E-state index contributed by atoms with van der Waals surface area (Å²) in [6.07, 6.45) is 3.32. The Bertz CT molecular complexity index is 780. The van der Waals surface area contributed by atoms with Gasteiger partial charge in [-0.25, -0.2) is 0 Å². The van der Waals surface area contributed by atoms with Gasteiger partial charge in [-0.05, 0) is 37.6 Å². The minimum absolute atomic E-state index is 0.309. The van der Waals surface area contributed by atoms with Crippen molar-refractivity contribution in [2.75, 3.05) is 6.54 Å². The molecule has 1 aromatic carbocycles. The Morgan fingerprint density at radius 2 is 1.71 bits per heavy atom. The lowest BCUT2D eigenvalue weighted by atomic mass is 9.96. The molecule has 0 saturated carbocycles. The van der Waals surface area contributed by atoms with E-state index in [1.54, 1.807) is 42.7 Å². The van der Waals surface area contributed by atoms with E-state index in [-0.39, 0.29) is 6.54 Å². The standard InChI is InChI=1S/C18H17N3O3/c1-18(2,12-6-5-9-19-10-12)20-15(22)11-21-16(23)13-7-3-4-8-14(13)17(21)24/h3-10H,11H2,1-2H3,(H,20,22). The molecule has 0 unspecified atom stereocenters.